The van der Waals surface area contributed by atoms with Gasteiger partial charge in [-0.05, 0) is 41.0 Å². The first kappa shape index (κ1) is 19.2. The molecule has 0 aromatic heterocycles. The zero-order chi connectivity index (χ0) is 19.6. The largest absolute Gasteiger partial charge is 0.490 e. The molecule has 1 amide bonds. The van der Waals surface area contributed by atoms with Crippen LogP contribution < -0.4 is 14.8 Å². The molecular weight excluding hydrogens is 352 g/mol. The van der Waals surface area contributed by atoms with Crippen molar-refractivity contribution in [1.82, 2.24) is 5.32 Å². The van der Waals surface area contributed by atoms with E-state index in [0.29, 0.717) is 26.2 Å². The number of carbonyl (C=O) groups excluding carboxylic acids is 1. The third-order valence-corrected chi connectivity index (χ3v) is 4.26. The van der Waals surface area contributed by atoms with Crippen LogP contribution in [-0.4, -0.2) is 25.7 Å². The van der Waals surface area contributed by atoms with Crippen LogP contribution in [0.1, 0.15) is 12.0 Å². The van der Waals surface area contributed by atoms with Gasteiger partial charge in [-0.25, -0.2) is 0 Å². The van der Waals surface area contributed by atoms with E-state index in [9.17, 15) is 4.79 Å². The number of carbonyl (C=O) groups is 1. The summed E-state index contributed by atoms with van der Waals surface area (Å²) in [6.45, 7) is 1.32. The van der Waals surface area contributed by atoms with Crippen LogP contribution in [0.3, 0.4) is 0 Å². The van der Waals surface area contributed by atoms with Crippen LogP contribution in [0.5, 0.6) is 11.5 Å². The molecular formula is C23H22N2O3. The molecule has 0 aliphatic carbocycles. The lowest BCUT2D eigenvalue weighted by molar-refractivity contribution is -0.120. The summed E-state index contributed by atoms with van der Waals surface area (Å²) in [6, 6.07) is 23.7. The van der Waals surface area contributed by atoms with Crippen molar-refractivity contribution in [1.29, 1.82) is 5.26 Å². The highest BCUT2D eigenvalue weighted by Crippen LogP contribution is 2.21. The van der Waals surface area contributed by atoms with E-state index in [2.05, 4.69) is 17.4 Å². The molecule has 0 unspecified atom stereocenters. The number of hydrogen-bond acceptors (Lipinski definition) is 4. The SMILES string of the molecule is N#CCC(=O)NCCc1ccccc1OCCOc1ccc2ccccc2c1. The highest BCUT2D eigenvalue weighted by Gasteiger charge is 2.05. The number of rotatable bonds is 9. The summed E-state index contributed by atoms with van der Waals surface area (Å²) in [5.74, 6) is 1.33. The molecule has 0 bridgehead atoms. The van der Waals surface area contributed by atoms with Crippen molar-refractivity contribution >= 4 is 16.7 Å². The summed E-state index contributed by atoms with van der Waals surface area (Å²) in [5, 5.41) is 13.6. The monoisotopic (exact) mass is 374 g/mol. The topological polar surface area (TPSA) is 71.4 Å². The van der Waals surface area contributed by atoms with E-state index in [0.717, 1.165) is 22.4 Å². The molecule has 0 heterocycles. The molecule has 0 aliphatic heterocycles. The second-order valence-electron chi connectivity index (χ2n) is 6.25. The molecule has 5 nitrogen and oxygen atoms in total. The van der Waals surface area contributed by atoms with Crippen molar-refractivity contribution in [3.63, 3.8) is 0 Å². The number of fused-ring (bicyclic) bond motifs is 1. The van der Waals surface area contributed by atoms with Crippen molar-refractivity contribution in [3.8, 4) is 17.6 Å². The Morgan fingerprint density at radius 1 is 0.929 bits per heavy atom. The summed E-state index contributed by atoms with van der Waals surface area (Å²) in [4.78, 5) is 11.4. The van der Waals surface area contributed by atoms with E-state index < -0.39 is 0 Å². The van der Waals surface area contributed by atoms with Crippen LogP contribution in [0.25, 0.3) is 10.8 Å². The maximum Gasteiger partial charge on any atom is 0.234 e. The minimum Gasteiger partial charge on any atom is -0.490 e. The van der Waals surface area contributed by atoms with Gasteiger partial charge in [-0.15, -0.1) is 0 Å². The third-order valence-electron chi connectivity index (χ3n) is 4.26. The normalized spacial score (nSPS) is 10.2. The summed E-state index contributed by atoms with van der Waals surface area (Å²) < 4.78 is 11.7. The van der Waals surface area contributed by atoms with Crippen LogP contribution in [0.4, 0.5) is 0 Å². The van der Waals surface area contributed by atoms with Crippen LogP contribution in [0, 0.1) is 11.3 Å². The van der Waals surface area contributed by atoms with E-state index in [1.54, 1.807) is 0 Å². The van der Waals surface area contributed by atoms with Gasteiger partial charge >= 0.3 is 0 Å². The first-order valence-corrected chi connectivity index (χ1v) is 9.22. The van der Waals surface area contributed by atoms with E-state index in [-0.39, 0.29) is 12.3 Å². The van der Waals surface area contributed by atoms with E-state index in [1.807, 2.05) is 60.7 Å². The summed E-state index contributed by atoms with van der Waals surface area (Å²) in [7, 11) is 0. The summed E-state index contributed by atoms with van der Waals surface area (Å²) in [5.41, 5.74) is 1.01. The van der Waals surface area contributed by atoms with Crippen LogP contribution >= 0.6 is 0 Å². The van der Waals surface area contributed by atoms with Crippen LogP contribution in [0.2, 0.25) is 0 Å². The number of amides is 1. The van der Waals surface area contributed by atoms with Gasteiger partial charge in [0.25, 0.3) is 0 Å². The van der Waals surface area contributed by atoms with Gasteiger partial charge in [0, 0.05) is 6.54 Å². The van der Waals surface area contributed by atoms with Crippen molar-refractivity contribution in [2.24, 2.45) is 0 Å². The zero-order valence-corrected chi connectivity index (χ0v) is 15.6. The smallest absolute Gasteiger partial charge is 0.234 e. The molecule has 0 saturated heterocycles. The number of hydrogen-bond donors (Lipinski definition) is 1. The third kappa shape index (κ3) is 5.49. The van der Waals surface area contributed by atoms with Crippen molar-refractivity contribution in [3.05, 3.63) is 72.3 Å². The van der Waals surface area contributed by atoms with Gasteiger partial charge in [0.15, 0.2) is 0 Å². The van der Waals surface area contributed by atoms with Gasteiger partial charge < -0.3 is 14.8 Å². The number of nitrogens with one attached hydrogen (secondary N) is 1. The number of para-hydroxylation sites is 1. The van der Waals surface area contributed by atoms with Crippen LogP contribution in [0.15, 0.2) is 66.7 Å². The second-order valence-corrected chi connectivity index (χ2v) is 6.25. The summed E-state index contributed by atoms with van der Waals surface area (Å²) in [6.07, 6.45) is 0.517. The van der Waals surface area contributed by atoms with E-state index >= 15 is 0 Å². The van der Waals surface area contributed by atoms with Crippen molar-refractivity contribution in [2.45, 2.75) is 12.8 Å². The molecule has 3 aromatic carbocycles. The number of ether oxygens (including phenoxy) is 2. The van der Waals surface area contributed by atoms with E-state index in [1.165, 1.54) is 5.39 Å². The maximum absolute atomic E-state index is 11.4. The summed E-state index contributed by atoms with van der Waals surface area (Å²) >= 11 is 0. The molecule has 28 heavy (non-hydrogen) atoms. The average molecular weight is 374 g/mol. The predicted octanol–water partition coefficient (Wildman–Crippen LogP) is 3.87. The second kappa shape index (κ2) is 9.98. The highest BCUT2D eigenvalue weighted by atomic mass is 16.5. The Bertz CT molecular complexity index is 979. The Kier molecular flexibility index (Phi) is 6.86. The number of nitrogens with zero attached hydrogens (tertiary/aromatic N) is 1. The van der Waals surface area contributed by atoms with E-state index in [4.69, 9.17) is 14.7 Å². The fraction of sp³-hybridized carbons (Fsp3) is 0.217. The average Bonchev–Trinajstić information content (AvgIpc) is 2.72. The molecule has 3 aromatic rings. The fourth-order valence-electron chi connectivity index (χ4n) is 2.89. The molecule has 3 rings (SSSR count). The first-order chi connectivity index (χ1) is 13.8. The molecule has 0 radical (unpaired) electrons. The Balaban J connectivity index is 1.47. The predicted molar refractivity (Wildman–Crippen MR) is 108 cm³/mol. The lowest BCUT2D eigenvalue weighted by atomic mass is 10.1. The molecule has 0 aliphatic rings. The number of nitriles is 1. The molecule has 1 N–H and O–H groups in total. The van der Waals surface area contributed by atoms with Crippen molar-refractivity contribution in [2.75, 3.05) is 19.8 Å². The van der Waals surface area contributed by atoms with Gasteiger partial charge in [-0.3, -0.25) is 4.79 Å². The van der Waals surface area contributed by atoms with Gasteiger partial charge in [-0.1, -0.05) is 48.5 Å². The van der Waals surface area contributed by atoms with Gasteiger partial charge in [-0.2, -0.15) is 5.26 Å². The molecule has 142 valence electrons. The lowest BCUT2D eigenvalue weighted by Gasteiger charge is -2.13. The molecule has 0 fully saturated rings. The fourth-order valence-corrected chi connectivity index (χ4v) is 2.89. The standard InChI is InChI=1S/C23H22N2O3/c24-13-11-23(26)25-14-12-19-6-3-4-8-22(19)28-16-15-27-21-10-9-18-5-1-2-7-20(18)17-21/h1-10,17H,11-12,14-16H2,(H,25,26). The zero-order valence-electron chi connectivity index (χ0n) is 15.6. The molecule has 0 saturated carbocycles. The van der Waals surface area contributed by atoms with Gasteiger partial charge in [0.05, 0.1) is 6.07 Å². The Hall–Kier alpha value is -3.52. The lowest BCUT2D eigenvalue weighted by Crippen LogP contribution is -2.25. The first-order valence-electron chi connectivity index (χ1n) is 9.22. The highest BCUT2D eigenvalue weighted by molar-refractivity contribution is 5.83. The quantitative estimate of drug-likeness (QED) is 0.577. The van der Waals surface area contributed by atoms with Crippen LogP contribution in [-0.2, 0) is 11.2 Å². The Labute approximate surface area is 164 Å². The number of benzene rings is 3. The Morgan fingerprint density at radius 3 is 2.54 bits per heavy atom. The Morgan fingerprint density at radius 2 is 1.68 bits per heavy atom. The molecule has 0 atom stereocenters. The molecule has 5 heteroatoms. The van der Waals surface area contributed by atoms with Crippen molar-refractivity contribution < 1.29 is 14.3 Å². The minimum atomic E-state index is -0.260. The minimum absolute atomic E-state index is 0.121. The van der Waals surface area contributed by atoms with Gasteiger partial charge in [0.1, 0.15) is 31.1 Å². The van der Waals surface area contributed by atoms with Gasteiger partial charge in [0.2, 0.25) is 5.91 Å². The maximum atomic E-state index is 11.4. The molecule has 0 spiro atoms.